The molecule has 0 radical (unpaired) electrons. The zero-order valence-electron chi connectivity index (χ0n) is 11.7. The smallest absolute Gasteiger partial charge is 0.161 e. The lowest BCUT2D eigenvalue weighted by molar-refractivity contribution is 0.0983. The fraction of sp³-hybridized carbons (Fsp3) is 0.600. The van der Waals surface area contributed by atoms with E-state index < -0.39 is 0 Å². The molecule has 4 nitrogen and oxygen atoms in total. The molecule has 0 saturated heterocycles. The number of rotatable bonds is 5. The van der Waals surface area contributed by atoms with Gasteiger partial charge in [-0.1, -0.05) is 19.9 Å². The quantitative estimate of drug-likeness (QED) is 0.889. The fourth-order valence-electron chi connectivity index (χ4n) is 1.94. The van der Waals surface area contributed by atoms with Crippen molar-refractivity contribution in [2.75, 3.05) is 26.4 Å². The van der Waals surface area contributed by atoms with E-state index in [2.05, 4.69) is 13.8 Å². The number of benzene rings is 1. The fourth-order valence-corrected chi connectivity index (χ4v) is 1.94. The molecule has 1 aromatic rings. The van der Waals surface area contributed by atoms with Crippen molar-refractivity contribution >= 4 is 0 Å². The van der Waals surface area contributed by atoms with Crippen LogP contribution in [-0.2, 0) is 4.74 Å². The van der Waals surface area contributed by atoms with E-state index in [0.29, 0.717) is 25.7 Å². The van der Waals surface area contributed by atoms with Crippen molar-refractivity contribution in [1.82, 2.24) is 0 Å². The van der Waals surface area contributed by atoms with E-state index in [4.69, 9.17) is 19.9 Å². The Morgan fingerprint density at radius 2 is 1.89 bits per heavy atom. The van der Waals surface area contributed by atoms with Crippen molar-refractivity contribution in [1.29, 1.82) is 0 Å². The molecule has 1 aliphatic rings. The van der Waals surface area contributed by atoms with E-state index in [9.17, 15) is 0 Å². The zero-order valence-corrected chi connectivity index (χ0v) is 11.7. The Morgan fingerprint density at radius 1 is 1.16 bits per heavy atom. The van der Waals surface area contributed by atoms with Gasteiger partial charge in [0.25, 0.3) is 0 Å². The largest absolute Gasteiger partial charge is 0.490 e. The van der Waals surface area contributed by atoms with Crippen LogP contribution in [0.4, 0.5) is 0 Å². The summed E-state index contributed by atoms with van der Waals surface area (Å²) in [5.41, 5.74) is 7.15. The second-order valence-electron chi connectivity index (χ2n) is 5.29. The molecule has 0 fully saturated rings. The minimum absolute atomic E-state index is 0.129. The van der Waals surface area contributed by atoms with E-state index in [1.165, 1.54) is 0 Å². The van der Waals surface area contributed by atoms with Crippen LogP contribution in [0.3, 0.4) is 0 Å². The lowest BCUT2D eigenvalue weighted by atomic mass is 10.1. The molecule has 106 valence electrons. The van der Waals surface area contributed by atoms with Gasteiger partial charge >= 0.3 is 0 Å². The molecule has 0 spiro atoms. The van der Waals surface area contributed by atoms with Gasteiger partial charge < -0.3 is 19.9 Å². The third-order valence-electron chi connectivity index (χ3n) is 2.95. The van der Waals surface area contributed by atoms with Gasteiger partial charge in [-0.15, -0.1) is 0 Å². The Kier molecular flexibility index (Phi) is 5.05. The van der Waals surface area contributed by atoms with E-state index in [1.807, 2.05) is 18.2 Å². The zero-order chi connectivity index (χ0) is 13.7. The van der Waals surface area contributed by atoms with Gasteiger partial charge in [-0.05, 0) is 23.6 Å². The molecule has 2 N–H and O–H groups in total. The van der Waals surface area contributed by atoms with Gasteiger partial charge in [0.05, 0.1) is 25.9 Å². The number of nitrogens with two attached hydrogens (primary N) is 1. The van der Waals surface area contributed by atoms with Crippen LogP contribution in [-0.4, -0.2) is 26.4 Å². The molecule has 0 aliphatic carbocycles. The Hall–Kier alpha value is -1.26. The molecule has 0 bridgehead atoms. The first kappa shape index (κ1) is 14.2. The number of ether oxygens (including phenoxy) is 3. The Morgan fingerprint density at radius 3 is 2.63 bits per heavy atom. The summed E-state index contributed by atoms with van der Waals surface area (Å²) < 4.78 is 16.8. The summed E-state index contributed by atoms with van der Waals surface area (Å²) >= 11 is 0. The summed E-state index contributed by atoms with van der Waals surface area (Å²) in [6.07, 6.45) is 0.910. The first-order valence-corrected chi connectivity index (χ1v) is 6.89. The maximum absolute atomic E-state index is 6.13. The summed E-state index contributed by atoms with van der Waals surface area (Å²) in [6, 6.07) is 5.75. The first-order valence-electron chi connectivity index (χ1n) is 6.89. The Bertz CT molecular complexity index is 406. The molecule has 4 heteroatoms. The molecule has 1 heterocycles. The molecule has 2 rings (SSSR count). The second kappa shape index (κ2) is 6.78. The van der Waals surface area contributed by atoms with Crippen LogP contribution < -0.4 is 15.2 Å². The standard InChI is InChI=1S/C15H23NO3/c1-11(2)9-17-10-13(16)12-4-5-14-15(8-12)19-7-3-6-18-14/h4-5,8,11,13H,3,6-7,9-10,16H2,1-2H3. The van der Waals surface area contributed by atoms with Crippen molar-refractivity contribution in [3.63, 3.8) is 0 Å². The monoisotopic (exact) mass is 265 g/mol. The molecule has 0 aromatic heterocycles. The average Bonchev–Trinajstić information content (AvgIpc) is 2.62. The van der Waals surface area contributed by atoms with E-state index in [0.717, 1.165) is 30.1 Å². The first-order chi connectivity index (χ1) is 9.16. The molecular formula is C15H23NO3. The minimum atomic E-state index is -0.129. The van der Waals surface area contributed by atoms with Gasteiger partial charge in [-0.3, -0.25) is 0 Å². The summed E-state index contributed by atoms with van der Waals surface area (Å²) in [7, 11) is 0. The maximum Gasteiger partial charge on any atom is 0.161 e. The summed E-state index contributed by atoms with van der Waals surface area (Å²) in [5, 5.41) is 0. The van der Waals surface area contributed by atoms with Crippen LogP contribution in [0, 0.1) is 5.92 Å². The number of fused-ring (bicyclic) bond motifs is 1. The van der Waals surface area contributed by atoms with E-state index >= 15 is 0 Å². The molecule has 0 amide bonds. The maximum atomic E-state index is 6.13. The molecule has 0 saturated carbocycles. The van der Waals surface area contributed by atoms with E-state index in [-0.39, 0.29) is 6.04 Å². The summed E-state index contributed by atoms with van der Waals surface area (Å²) in [4.78, 5) is 0. The van der Waals surface area contributed by atoms with Gasteiger partial charge in [0.15, 0.2) is 11.5 Å². The van der Waals surface area contributed by atoms with Crippen molar-refractivity contribution < 1.29 is 14.2 Å². The number of hydrogen-bond acceptors (Lipinski definition) is 4. The van der Waals surface area contributed by atoms with Gasteiger partial charge in [-0.25, -0.2) is 0 Å². The second-order valence-corrected chi connectivity index (χ2v) is 5.29. The normalized spacial score (nSPS) is 16.2. The van der Waals surface area contributed by atoms with Gasteiger partial charge in [0.2, 0.25) is 0 Å². The highest BCUT2D eigenvalue weighted by molar-refractivity contribution is 5.44. The lowest BCUT2D eigenvalue weighted by Crippen LogP contribution is -2.18. The third-order valence-corrected chi connectivity index (χ3v) is 2.95. The van der Waals surface area contributed by atoms with Crippen molar-refractivity contribution in [3.05, 3.63) is 23.8 Å². The van der Waals surface area contributed by atoms with Crippen molar-refractivity contribution in [2.24, 2.45) is 11.7 Å². The highest BCUT2D eigenvalue weighted by Crippen LogP contribution is 2.31. The molecule has 19 heavy (non-hydrogen) atoms. The molecule has 1 unspecified atom stereocenters. The third kappa shape index (κ3) is 4.11. The molecular weight excluding hydrogens is 242 g/mol. The van der Waals surface area contributed by atoms with E-state index in [1.54, 1.807) is 0 Å². The van der Waals surface area contributed by atoms with Crippen LogP contribution in [0.25, 0.3) is 0 Å². The summed E-state index contributed by atoms with van der Waals surface area (Å²) in [6.45, 7) is 6.90. The Balaban J connectivity index is 1.98. The number of hydrogen-bond donors (Lipinski definition) is 1. The van der Waals surface area contributed by atoms with Crippen molar-refractivity contribution in [2.45, 2.75) is 26.3 Å². The molecule has 1 aromatic carbocycles. The van der Waals surface area contributed by atoms with Crippen LogP contribution in [0.2, 0.25) is 0 Å². The minimum Gasteiger partial charge on any atom is -0.490 e. The SMILES string of the molecule is CC(C)COCC(N)c1ccc2c(c1)OCCCO2. The lowest BCUT2D eigenvalue weighted by Gasteiger charge is -2.16. The van der Waals surface area contributed by atoms with Gasteiger partial charge in [0.1, 0.15) is 0 Å². The van der Waals surface area contributed by atoms with Crippen LogP contribution >= 0.6 is 0 Å². The highest BCUT2D eigenvalue weighted by Gasteiger charge is 2.14. The van der Waals surface area contributed by atoms with Crippen molar-refractivity contribution in [3.8, 4) is 11.5 Å². The summed E-state index contributed by atoms with van der Waals surface area (Å²) in [5.74, 6) is 2.11. The van der Waals surface area contributed by atoms with Gasteiger partial charge in [0, 0.05) is 13.0 Å². The topological polar surface area (TPSA) is 53.7 Å². The highest BCUT2D eigenvalue weighted by atomic mass is 16.5. The predicted molar refractivity (Wildman–Crippen MR) is 74.6 cm³/mol. The molecule has 1 aliphatic heterocycles. The van der Waals surface area contributed by atoms with Crippen LogP contribution in [0.15, 0.2) is 18.2 Å². The predicted octanol–water partition coefficient (Wildman–Crippen LogP) is 2.52. The molecule has 1 atom stereocenters. The Labute approximate surface area is 114 Å². The van der Waals surface area contributed by atoms with Gasteiger partial charge in [-0.2, -0.15) is 0 Å². The van der Waals surface area contributed by atoms with Crippen LogP contribution in [0.5, 0.6) is 11.5 Å². The van der Waals surface area contributed by atoms with Crippen LogP contribution in [0.1, 0.15) is 31.9 Å². The average molecular weight is 265 g/mol.